The number of hydrogen-bond donors (Lipinski definition) is 3. The molecule has 0 spiro atoms. The van der Waals surface area contributed by atoms with Gasteiger partial charge in [-0.2, -0.15) is 4.98 Å². The molecule has 0 bridgehead atoms. The van der Waals surface area contributed by atoms with Gasteiger partial charge >= 0.3 is 0 Å². The molecule has 0 saturated heterocycles. The lowest BCUT2D eigenvalue weighted by Crippen LogP contribution is -2.27. The number of rotatable bonds is 8. The summed E-state index contributed by atoms with van der Waals surface area (Å²) >= 11 is 6.21. The Labute approximate surface area is 201 Å². The van der Waals surface area contributed by atoms with Crippen LogP contribution in [0.15, 0.2) is 47.5 Å². The van der Waals surface area contributed by atoms with Crippen LogP contribution in [0.3, 0.4) is 0 Å². The number of carbonyl (C=O) groups excluding carboxylic acids is 1. The minimum Gasteiger partial charge on any atom is -0.482 e. The van der Waals surface area contributed by atoms with E-state index in [2.05, 4.69) is 20.6 Å². The van der Waals surface area contributed by atoms with Gasteiger partial charge in [-0.05, 0) is 42.8 Å². The number of nitrogens with zero attached hydrogens (tertiary/aromatic N) is 3. The second-order valence-corrected chi connectivity index (χ2v) is 9.32. The topological polar surface area (TPSA) is 140 Å². The van der Waals surface area contributed by atoms with Gasteiger partial charge in [0.1, 0.15) is 5.75 Å². The highest BCUT2D eigenvalue weighted by molar-refractivity contribution is 7.89. The predicted molar refractivity (Wildman–Crippen MR) is 127 cm³/mol. The number of carbonyl (C=O) groups is 1. The maximum absolute atomic E-state index is 14.3. The Kier molecular flexibility index (Phi) is 7.54. The number of nitrogens with two attached hydrogens (primary N) is 1. The smallest absolute Gasteiger partial charge is 0.259 e. The molecule has 0 aliphatic heterocycles. The summed E-state index contributed by atoms with van der Waals surface area (Å²) in [6.07, 6.45) is 0.957. The third-order valence-electron chi connectivity index (χ3n) is 4.54. The number of benzene rings is 2. The van der Waals surface area contributed by atoms with E-state index in [1.165, 1.54) is 23.1 Å². The first-order valence-corrected chi connectivity index (χ1v) is 11.7. The maximum atomic E-state index is 14.3. The average molecular weight is 509 g/mol. The van der Waals surface area contributed by atoms with Crippen LogP contribution in [0.4, 0.5) is 27.5 Å². The summed E-state index contributed by atoms with van der Waals surface area (Å²) in [6, 6.07) is 9.13. The van der Waals surface area contributed by atoms with Crippen molar-refractivity contribution in [2.75, 3.05) is 31.3 Å². The van der Waals surface area contributed by atoms with E-state index in [0.717, 1.165) is 6.20 Å². The number of ether oxygens (including phenoxy) is 1. The summed E-state index contributed by atoms with van der Waals surface area (Å²) in [5.41, 5.74) is 1.24. The number of amides is 1. The Morgan fingerprint density at radius 2 is 1.85 bits per heavy atom. The highest BCUT2D eigenvalue weighted by Gasteiger charge is 2.14. The fraction of sp³-hybridized carbons (Fsp3) is 0.190. The van der Waals surface area contributed by atoms with E-state index < -0.39 is 15.8 Å². The number of aryl methyl sites for hydroxylation is 1. The first-order chi connectivity index (χ1) is 15.9. The Bertz CT molecular complexity index is 1340. The Hall–Kier alpha value is -3.48. The van der Waals surface area contributed by atoms with Crippen molar-refractivity contribution in [3.8, 4) is 5.75 Å². The molecular weight excluding hydrogens is 487 g/mol. The molecule has 0 saturated carbocycles. The standard InChI is InChI=1S/C21H22ClFN6O4S/c1-12-4-5-14(9-18(12)34(24,31)32)27-21-25-10-16(23)20(28-21)26-13-6-7-17(15(22)8-13)33-11-19(30)29(2)3/h4-10H,11H2,1-3H3,(H2,24,31,32)(H2,25,26,27,28). The second-order valence-electron chi connectivity index (χ2n) is 7.39. The van der Waals surface area contributed by atoms with Crippen LogP contribution in [0.25, 0.3) is 0 Å². The summed E-state index contributed by atoms with van der Waals surface area (Å²) < 4.78 is 43.2. The van der Waals surface area contributed by atoms with E-state index in [4.69, 9.17) is 21.5 Å². The number of aromatic nitrogens is 2. The summed E-state index contributed by atoms with van der Waals surface area (Å²) in [4.78, 5) is 21.0. The fourth-order valence-electron chi connectivity index (χ4n) is 2.73. The number of primary sulfonamides is 1. The van der Waals surface area contributed by atoms with Gasteiger partial charge in [0, 0.05) is 25.5 Å². The zero-order valence-corrected chi connectivity index (χ0v) is 20.0. The second kappa shape index (κ2) is 10.2. The molecule has 34 heavy (non-hydrogen) atoms. The molecule has 3 rings (SSSR count). The lowest BCUT2D eigenvalue weighted by Gasteiger charge is -2.14. The van der Waals surface area contributed by atoms with Crippen LogP contribution in [0.1, 0.15) is 5.56 Å². The van der Waals surface area contributed by atoms with Crippen LogP contribution in [0.5, 0.6) is 5.75 Å². The number of likely N-dealkylation sites (N-methyl/N-ethyl adjacent to an activating group) is 1. The SMILES string of the molecule is Cc1ccc(Nc2ncc(F)c(Nc3ccc(OCC(=O)N(C)C)c(Cl)c3)n2)cc1S(N)(=O)=O. The molecule has 0 fully saturated rings. The van der Waals surface area contributed by atoms with Gasteiger partial charge < -0.3 is 20.3 Å². The minimum atomic E-state index is -3.92. The van der Waals surface area contributed by atoms with E-state index in [0.29, 0.717) is 16.9 Å². The van der Waals surface area contributed by atoms with Crippen LogP contribution in [0, 0.1) is 12.7 Å². The van der Waals surface area contributed by atoms with E-state index in [-0.39, 0.29) is 39.9 Å². The van der Waals surface area contributed by atoms with Crippen molar-refractivity contribution in [2.45, 2.75) is 11.8 Å². The molecule has 0 aliphatic rings. The summed E-state index contributed by atoms with van der Waals surface area (Å²) in [5.74, 6) is -0.804. The number of halogens is 2. The average Bonchev–Trinajstić information content (AvgIpc) is 2.75. The Morgan fingerprint density at radius 3 is 2.50 bits per heavy atom. The molecule has 13 heteroatoms. The van der Waals surface area contributed by atoms with Gasteiger partial charge in [-0.1, -0.05) is 17.7 Å². The molecule has 3 aromatic rings. The van der Waals surface area contributed by atoms with E-state index >= 15 is 0 Å². The van der Waals surface area contributed by atoms with Gasteiger partial charge in [-0.3, -0.25) is 4.79 Å². The van der Waals surface area contributed by atoms with Crippen molar-refractivity contribution in [1.82, 2.24) is 14.9 Å². The Balaban J connectivity index is 1.77. The first-order valence-electron chi connectivity index (χ1n) is 9.76. The monoisotopic (exact) mass is 508 g/mol. The third-order valence-corrected chi connectivity index (χ3v) is 5.89. The highest BCUT2D eigenvalue weighted by atomic mass is 35.5. The van der Waals surface area contributed by atoms with Crippen LogP contribution in [-0.2, 0) is 14.8 Å². The molecule has 1 aromatic heterocycles. The molecule has 0 unspecified atom stereocenters. The number of anilines is 4. The largest absolute Gasteiger partial charge is 0.482 e. The zero-order valence-electron chi connectivity index (χ0n) is 18.5. The van der Waals surface area contributed by atoms with Gasteiger partial charge in [0.25, 0.3) is 5.91 Å². The quantitative estimate of drug-likeness (QED) is 0.421. The van der Waals surface area contributed by atoms with Gasteiger partial charge in [0.05, 0.1) is 16.1 Å². The van der Waals surface area contributed by atoms with Crippen molar-refractivity contribution in [3.05, 3.63) is 59.0 Å². The van der Waals surface area contributed by atoms with Crippen LogP contribution in [0.2, 0.25) is 5.02 Å². The van der Waals surface area contributed by atoms with Crippen molar-refractivity contribution in [2.24, 2.45) is 5.14 Å². The van der Waals surface area contributed by atoms with Crippen molar-refractivity contribution in [1.29, 1.82) is 0 Å². The first kappa shape index (κ1) is 25.1. The molecule has 0 atom stereocenters. The summed E-state index contributed by atoms with van der Waals surface area (Å²) in [6.45, 7) is 1.43. The van der Waals surface area contributed by atoms with E-state index in [9.17, 15) is 17.6 Å². The molecule has 0 aliphatic carbocycles. The maximum Gasteiger partial charge on any atom is 0.259 e. The summed E-state index contributed by atoms with van der Waals surface area (Å²) in [5, 5.41) is 11.1. The molecule has 4 N–H and O–H groups in total. The number of hydrogen-bond acceptors (Lipinski definition) is 8. The van der Waals surface area contributed by atoms with Crippen molar-refractivity contribution >= 4 is 50.7 Å². The highest BCUT2D eigenvalue weighted by Crippen LogP contribution is 2.30. The van der Waals surface area contributed by atoms with Crippen LogP contribution < -0.4 is 20.5 Å². The molecule has 1 heterocycles. The minimum absolute atomic E-state index is 0.0152. The Morgan fingerprint density at radius 1 is 1.18 bits per heavy atom. The van der Waals surface area contributed by atoms with Gasteiger partial charge in [-0.15, -0.1) is 0 Å². The number of nitrogens with one attached hydrogen (secondary N) is 2. The predicted octanol–water partition coefficient (Wildman–Crippen LogP) is 3.18. The molecule has 0 radical (unpaired) electrons. The molecule has 2 aromatic carbocycles. The van der Waals surface area contributed by atoms with Crippen LogP contribution >= 0.6 is 11.6 Å². The zero-order chi connectivity index (χ0) is 25.0. The molecule has 180 valence electrons. The van der Waals surface area contributed by atoms with Crippen molar-refractivity contribution < 1.29 is 22.3 Å². The summed E-state index contributed by atoms with van der Waals surface area (Å²) in [7, 11) is -0.704. The fourth-order valence-corrected chi connectivity index (χ4v) is 3.77. The van der Waals surface area contributed by atoms with Gasteiger partial charge in [0.2, 0.25) is 16.0 Å². The lowest BCUT2D eigenvalue weighted by molar-refractivity contribution is -0.130. The van der Waals surface area contributed by atoms with Crippen molar-refractivity contribution in [3.63, 3.8) is 0 Å². The van der Waals surface area contributed by atoms with E-state index in [1.807, 2.05) is 0 Å². The molecule has 1 amide bonds. The normalized spacial score (nSPS) is 11.1. The molecule has 10 nitrogen and oxygen atoms in total. The van der Waals surface area contributed by atoms with Gasteiger partial charge in [0.15, 0.2) is 18.2 Å². The van der Waals surface area contributed by atoms with Crippen LogP contribution in [-0.4, -0.2) is 49.9 Å². The van der Waals surface area contributed by atoms with E-state index in [1.54, 1.807) is 39.2 Å². The third kappa shape index (κ3) is 6.31. The lowest BCUT2D eigenvalue weighted by atomic mass is 10.2. The molecular formula is C21H22ClFN6O4S. The number of sulfonamides is 1. The van der Waals surface area contributed by atoms with Gasteiger partial charge in [-0.25, -0.2) is 22.9 Å².